The fourth-order valence-corrected chi connectivity index (χ4v) is 1.85. The monoisotopic (exact) mass is 251 g/mol. The van der Waals surface area contributed by atoms with E-state index in [-0.39, 0.29) is 0 Å². The number of benzene rings is 1. The summed E-state index contributed by atoms with van der Waals surface area (Å²) >= 11 is 0. The van der Waals surface area contributed by atoms with Gasteiger partial charge in [0, 0.05) is 6.07 Å². The molecule has 5 nitrogen and oxygen atoms in total. The first kappa shape index (κ1) is 12.4. The summed E-state index contributed by atoms with van der Waals surface area (Å²) in [5.41, 5.74) is 0. The lowest BCUT2D eigenvalue weighted by molar-refractivity contribution is 0.177. The molecule has 0 heterocycles. The van der Waals surface area contributed by atoms with E-state index in [1.807, 2.05) is 0 Å². The van der Waals surface area contributed by atoms with Gasteiger partial charge in [-0.3, -0.25) is 0 Å². The molecule has 0 saturated carbocycles. The summed E-state index contributed by atoms with van der Waals surface area (Å²) in [5.74, 6) is -2.13. The van der Waals surface area contributed by atoms with Crippen molar-refractivity contribution in [3.63, 3.8) is 0 Å². The van der Waals surface area contributed by atoms with Gasteiger partial charge in [0.25, 0.3) is 10.0 Å². The molecule has 1 amide bonds. The maximum absolute atomic E-state index is 12.7. The Labute approximate surface area is 90.1 Å². The van der Waals surface area contributed by atoms with Crippen molar-refractivity contribution in [2.75, 3.05) is 7.11 Å². The summed E-state index contributed by atoms with van der Waals surface area (Å²) < 4.78 is 53.7. The molecule has 1 N–H and O–H groups in total. The molecule has 0 fully saturated rings. The maximum Gasteiger partial charge on any atom is 0.420 e. The van der Waals surface area contributed by atoms with Gasteiger partial charge < -0.3 is 4.74 Å². The molecule has 0 unspecified atom stereocenters. The summed E-state index contributed by atoms with van der Waals surface area (Å²) in [4.78, 5) is 9.97. The summed E-state index contributed by atoms with van der Waals surface area (Å²) in [6, 6.07) is 1.67. The Hall–Kier alpha value is -1.70. The highest BCUT2D eigenvalue weighted by atomic mass is 32.2. The van der Waals surface area contributed by atoms with E-state index >= 15 is 0 Å². The van der Waals surface area contributed by atoms with Crippen LogP contribution in [0.25, 0.3) is 0 Å². The van der Waals surface area contributed by atoms with E-state index in [0.717, 1.165) is 7.11 Å². The van der Waals surface area contributed by atoms with Gasteiger partial charge >= 0.3 is 6.09 Å². The van der Waals surface area contributed by atoms with Gasteiger partial charge in [0.05, 0.1) is 12.0 Å². The van der Waals surface area contributed by atoms with E-state index in [4.69, 9.17) is 0 Å². The van der Waals surface area contributed by atoms with Crippen LogP contribution in [0.15, 0.2) is 23.1 Å². The normalized spacial score (nSPS) is 10.9. The van der Waals surface area contributed by atoms with Crippen LogP contribution in [-0.2, 0) is 14.8 Å². The number of carbonyl (C=O) groups excluding carboxylic acids is 1. The molecular formula is C8H7F2NO4S. The number of amides is 1. The van der Waals surface area contributed by atoms with Crippen molar-refractivity contribution in [3.8, 4) is 0 Å². The standard InChI is InChI=1S/C8H7F2NO4S/c1-15-8(12)11-16(13,14)7-3-5(9)2-6(10)4-7/h2-4H,1H3,(H,11,12). The smallest absolute Gasteiger partial charge is 0.420 e. The highest BCUT2D eigenvalue weighted by molar-refractivity contribution is 7.90. The highest BCUT2D eigenvalue weighted by Gasteiger charge is 2.19. The zero-order chi connectivity index (χ0) is 12.3. The summed E-state index contributed by atoms with van der Waals surface area (Å²) in [7, 11) is -3.37. The van der Waals surface area contributed by atoms with Crippen molar-refractivity contribution in [1.29, 1.82) is 0 Å². The topological polar surface area (TPSA) is 72.5 Å². The number of methoxy groups -OCH3 is 1. The SMILES string of the molecule is COC(=O)NS(=O)(=O)c1cc(F)cc(F)c1. The molecule has 8 heteroatoms. The Kier molecular flexibility index (Phi) is 3.43. The minimum absolute atomic E-state index is 0.511. The highest BCUT2D eigenvalue weighted by Crippen LogP contribution is 2.13. The van der Waals surface area contributed by atoms with Gasteiger partial charge in [0.1, 0.15) is 11.6 Å². The number of rotatable bonds is 2. The van der Waals surface area contributed by atoms with Crippen molar-refractivity contribution < 1.29 is 26.7 Å². The number of hydrogen-bond donors (Lipinski definition) is 1. The van der Waals surface area contributed by atoms with Crippen molar-refractivity contribution >= 4 is 16.1 Å². The maximum atomic E-state index is 12.7. The zero-order valence-electron chi connectivity index (χ0n) is 8.03. The molecule has 0 radical (unpaired) electrons. The first-order valence-corrected chi connectivity index (χ1v) is 5.40. The molecule has 88 valence electrons. The molecular weight excluding hydrogens is 244 g/mol. The number of carbonyl (C=O) groups is 1. The minimum atomic E-state index is -4.32. The molecule has 1 rings (SSSR count). The molecule has 0 atom stereocenters. The third kappa shape index (κ3) is 2.89. The lowest BCUT2D eigenvalue weighted by Crippen LogP contribution is -2.30. The average Bonchev–Trinajstić information content (AvgIpc) is 2.15. The first-order chi connectivity index (χ1) is 7.35. The number of nitrogens with one attached hydrogen (secondary N) is 1. The molecule has 0 aliphatic heterocycles. The Morgan fingerprint density at radius 3 is 2.19 bits per heavy atom. The third-order valence-electron chi connectivity index (χ3n) is 1.55. The van der Waals surface area contributed by atoms with Crippen LogP contribution in [0, 0.1) is 11.6 Å². The molecule has 1 aromatic carbocycles. The van der Waals surface area contributed by atoms with E-state index in [1.54, 1.807) is 0 Å². The fraction of sp³-hybridized carbons (Fsp3) is 0.125. The molecule has 16 heavy (non-hydrogen) atoms. The van der Waals surface area contributed by atoms with Gasteiger partial charge in [-0.1, -0.05) is 0 Å². The lowest BCUT2D eigenvalue weighted by atomic mass is 10.3. The van der Waals surface area contributed by atoms with Crippen molar-refractivity contribution in [2.45, 2.75) is 4.90 Å². The molecule has 0 saturated heterocycles. The van der Waals surface area contributed by atoms with Crippen molar-refractivity contribution in [1.82, 2.24) is 4.72 Å². The second-order valence-corrected chi connectivity index (χ2v) is 4.38. The molecule has 0 bridgehead atoms. The van der Waals surface area contributed by atoms with Gasteiger partial charge in [-0.25, -0.2) is 26.7 Å². The number of halogens is 2. The Morgan fingerprint density at radius 1 is 1.25 bits per heavy atom. The van der Waals surface area contributed by atoms with Crippen LogP contribution < -0.4 is 4.72 Å². The second kappa shape index (κ2) is 4.44. The van der Waals surface area contributed by atoms with Crippen LogP contribution in [0.4, 0.5) is 13.6 Å². The summed E-state index contributed by atoms with van der Waals surface area (Å²) in [6.07, 6.45) is -1.25. The quantitative estimate of drug-likeness (QED) is 0.851. The molecule has 0 aliphatic carbocycles. The average molecular weight is 251 g/mol. The predicted molar refractivity (Wildman–Crippen MR) is 49.1 cm³/mol. The lowest BCUT2D eigenvalue weighted by Gasteiger charge is -2.05. The van der Waals surface area contributed by atoms with E-state index in [2.05, 4.69) is 4.74 Å². The van der Waals surface area contributed by atoms with Crippen LogP contribution in [-0.4, -0.2) is 21.6 Å². The van der Waals surface area contributed by atoms with Crippen molar-refractivity contribution in [2.24, 2.45) is 0 Å². The molecule has 0 spiro atoms. The number of ether oxygens (including phenoxy) is 1. The van der Waals surface area contributed by atoms with Crippen molar-refractivity contribution in [3.05, 3.63) is 29.8 Å². The van der Waals surface area contributed by atoms with Crippen LogP contribution in [0.3, 0.4) is 0 Å². The predicted octanol–water partition coefficient (Wildman–Crippen LogP) is 1.01. The van der Waals surface area contributed by atoms with E-state index in [9.17, 15) is 22.0 Å². The zero-order valence-corrected chi connectivity index (χ0v) is 8.85. The van der Waals surface area contributed by atoms with Gasteiger partial charge in [0.15, 0.2) is 0 Å². The fourth-order valence-electron chi connectivity index (χ4n) is 0.894. The molecule has 0 aliphatic rings. The Morgan fingerprint density at radius 2 is 1.75 bits per heavy atom. The van der Waals surface area contributed by atoms with Crippen LogP contribution in [0.2, 0.25) is 0 Å². The van der Waals surface area contributed by atoms with Gasteiger partial charge in [-0.2, -0.15) is 0 Å². The Balaban J connectivity index is 3.12. The van der Waals surface area contributed by atoms with Gasteiger partial charge in [0.2, 0.25) is 0 Å². The van der Waals surface area contributed by atoms with Gasteiger partial charge in [-0.05, 0) is 12.1 Å². The van der Waals surface area contributed by atoms with E-state index in [0.29, 0.717) is 18.2 Å². The van der Waals surface area contributed by atoms with Crippen LogP contribution in [0.1, 0.15) is 0 Å². The van der Waals surface area contributed by atoms with E-state index < -0.39 is 32.6 Å². The first-order valence-electron chi connectivity index (χ1n) is 3.92. The molecule has 0 aromatic heterocycles. The summed E-state index contributed by atoms with van der Waals surface area (Å²) in [6.45, 7) is 0. The number of hydrogen-bond acceptors (Lipinski definition) is 4. The van der Waals surface area contributed by atoms with Crippen LogP contribution in [0.5, 0.6) is 0 Å². The molecule has 1 aromatic rings. The van der Waals surface area contributed by atoms with Gasteiger partial charge in [-0.15, -0.1) is 0 Å². The van der Waals surface area contributed by atoms with Crippen LogP contribution >= 0.6 is 0 Å². The van der Waals surface area contributed by atoms with E-state index in [1.165, 1.54) is 4.72 Å². The Bertz CT molecular complexity index is 495. The largest absolute Gasteiger partial charge is 0.452 e. The number of sulfonamides is 1. The second-order valence-electron chi connectivity index (χ2n) is 2.70. The minimum Gasteiger partial charge on any atom is -0.452 e. The summed E-state index contributed by atoms with van der Waals surface area (Å²) in [5, 5.41) is 0. The third-order valence-corrected chi connectivity index (χ3v) is 2.84.